The van der Waals surface area contributed by atoms with Crippen LogP contribution in [0.15, 0.2) is 12.4 Å². The normalized spacial score (nSPS) is 12.7. The summed E-state index contributed by atoms with van der Waals surface area (Å²) < 4.78 is 1.76. The number of Topliss-reactive ketones (excluding diaryl/α,β-unsaturated/α-hetero) is 1. The fourth-order valence-corrected chi connectivity index (χ4v) is 1.41. The summed E-state index contributed by atoms with van der Waals surface area (Å²) in [5.74, 6) is 0.268. The predicted molar refractivity (Wildman–Crippen MR) is 64.3 cm³/mol. The van der Waals surface area contributed by atoms with Crippen LogP contribution in [0.3, 0.4) is 0 Å². The SMILES string of the molecule is CCC(C)NCC(=O)CCc1cnn(C)c1. The first kappa shape index (κ1) is 12.9. The highest BCUT2D eigenvalue weighted by atomic mass is 16.1. The average Bonchev–Trinajstić information content (AvgIpc) is 2.69. The summed E-state index contributed by atoms with van der Waals surface area (Å²) in [6.07, 6.45) is 6.20. The Balaban J connectivity index is 2.20. The van der Waals surface area contributed by atoms with Gasteiger partial charge in [-0.1, -0.05) is 6.92 Å². The van der Waals surface area contributed by atoms with E-state index in [0.29, 0.717) is 19.0 Å². The highest BCUT2D eigenvalue weighted by Crippen LogP contribution is 2.01. The summed E-state index contributed by atoms with van der Waals surface area (Å²) in [6, 6.07) is 0.419. The molecule has 90 valence electrons. The second-order valence-electron chi connectivity index (χ2n) is 4.25. The van der Waals surface area contributed by atoms with Crippen LogP contribution in [-0.2, 0) is 18.3 Å². The molecular weight excluding hydrogens is 202 g/mol. The van der Waals surface area contributed by atoms with Gasteiger partial charge in [0.25, 0.3) is 0 Å². The molecule has 0 aromatic carbocycles. The Hall–Kier alpha value is -1.16. The first-order chi connectivity index (χ1) is 7.61. The smallest absolute Gasteiger partial charge is 0.146 e. The van der Waals surface area contributed by atoms with E-state index in [9.17, 15) is 4.79 Å². The summed E-state index contributed by atoms with van der Waals surface area (Å²) in [7, 11) is 1.88. The molecule has 1 N–H and O–H groups in total. The van der Waals surface area contributed by atoms with E-state index in [1.165, 1.54) is 0 Å². The van der Waals surface area contributed by atoms with Crippen molar-refractivity contribution >= 4 is 5.78 Å². The number of carbonyl (C=O) groups excluding carboxylic acids is 1. The van der Waals surface area contributed by atoms with Gasteiger partial charge in [0.15, 0.2) is 0 Å². The summed E-state index contributed by atoms with van der Waals surface area (Å²) in [6.45, 7) is 4.68. The van der Waals surface area contributed by atoms with Crippen LogP contribution in [0.2, 0.25) is 0 Å². The molecule has 0 aliphatic rings. The summed E-state index contributed by atoms with van der Waals surface area (Å²) >= 11 is 0. The van der Waals surface area contributed by atoms with Crippen molar-refractivity contribution in [3.63, 3.8) is 0 Å². The fraction of sp³-hybridized carbons (Fsp3) is 0.667. The highest BCUT2D eigenvalue weighted by molar-refractivity contribution is 5.80. The molecule has 1 heterocycles. The lowest BCUT2D eigenvalue weighted by Crippen LogP contribution is -2.30. The molecule has 0 spiro atoms. The maximum absolute atomic E-state index is 11.6. The molecule has 0 amide bonds. The van der Waals surface area contributed by atoms with Gasteiger partial charge in [-0.15, -0.1) is 0 Å². The van der Waals surface area contributed by atoms with E-state index < -0.39 is 0 Å². The third-order valence-electron chi connectivity index (χ3n) is 2.71. The molecular formula is C12H21N3O. The van der Waals surface area contributed by atoms with E-state index in [2.05, 4.69) is 24.3 Å². The summed E-state index contributed by atoms with van der Waals surface area (Å²) in [4.78, 5) is 11.6. The van der Waals surface area contributed by atoms with E-state index in [1.54, 1.807) is 4.68 Å². The lowest BCUT2D eigenvalue weighted by Gasteiger charge is -2.09. The van der Waals surface area contributed by atoms with Gasteiger partial charge in [-0.2, -0.15) is 5.10 Å². The molecule has 0 saturated carbocycles. The summed E-state index contributed by atoms with van der Waals surface area (Å²) in [5.41, 5.74) is 1.12. The van der Waals surface area contributed by atoms with Crippen molar-refractivity contribution in [2.24, 2.45) is 7.05 Å². The van der Waals surface area contributed by atoms with Crippen molar-refractivity contribution in [2.75, 3.05) is 6.54 Å². The molecule has 16 heavy (non-hydrogen) atoms. The van der Waals surface area contributed by atoms with Crippen LogP contribution in [0.4, 0.5) is 0 Å². The Morgan fingerprint density at radius 1 is 1.62 bits per heavy atom. The van der Waals surface area contributed by atoms with Gasteiger partial charge in [0.1, 0.15) is 5.78 Å². The number of hydrogen-bond acceptors (Lipinski definition) is 3. The van der Waals surface area contributed by atoms with Gasteiger partial charge in [-0.3, -0.25) is 9.48 Å². The van der Waals surface area contributed by atoms with E-state index in [0.717, 1.165) is 18.4 Å². The standard InChI is InChI=1S/C12H21N3O/c1-4-10(2)13-8-12(16)6-5-11-7-14-15(3)9-11/h7,9-10,13H,4-6,8H2,1-3H3. The van der Waals surface area contributed by atoms with E-state index in [1.807, 2.05) is 19.4 Å². The average molecular weight is 223 g/mol. The van der Waals surface area contributed by atoms with Gasteiger partial charge in [0, 0.05) is 25.7 Å². The van der Waals surface area contributed by atoms with E-state index in [-0.39, 0.29) is 5.78 Å². The number of carbonyl (C=O) groups is 1. The molecule has 0 radical (unpaired) electrons. The maximum atomic E-state index is 11.6. The minimum Gasteiger partial charge on any atom is -0.308 e. The van der Waals surface area contributed by atoms with Crippen molar-refractivity contribution in [3.05, 3.63) is 18.0 Å². The van der Waals surface area contributed by atoms with Crippen molar-refractivity contribution < 1.29 is 4.79 Å². The number of nitrogens with zero attached hydrogens (tertiary/aromatic N) is 2. The molecule has 1 rings (SSSR count). The second-order valence-corrected chi connectivity index (χ2v) is 4.25. The van der Waals surface area contributed by atoms with Crippen LogP contribution >= 0.6 is 0 Å². The topological polar surface area (TPSA) is 46.9 Å². The Labute approximate surface area is 97.0 Å². The second kappa shape index (κ2) is 6.43. The van der Waals surface area contributed by atoms with Gasteiger partial charge in [0.2, 0.25) is 0 Å². The number of ketones is 1. The molecule has 4 heteroatoms. The van der Waals surface area contributed by atoms with E-state index in [4.69, 9.17) is 0 Å². The Morgan fingerprint density at radius 2 is 2.38 bits per heavy atom. The third-order valence-corrected chi connectivity index (χ3v) is 2.71. The van der Waals surface area contributed by atoms with Gasteiger partial charge in [-0.25, -0.2) is 0 Å². The molecule has 1 unspecified atom stereocenters. The van der Waals surface area contributed by atoms with Crippen LogP contribution in [0, 0.1) is 0 Å². The minimum absolute atomic E-state index is 0.268. The van der Waals surface area contributed by atoms with Crippen LogP contribution in [0.1, 0.15) is 32.3 Å². The molecule has 0 aliphatic carbocycles. The zero-order valence-electron chi connectivity index (χ0n) is 10.4. The maximum Gasteiger partial charge on any atom is 0.146 e. The fourth-order valence-electron chi connectivity index (χ4n) is 1.41. The molecule has 4 nitrogen and oxygen atoms in total. The highest BCUT2D eigenvalue weighted by Gasteiger charge is 2.05. The third kappa shape index (κ3) is 4.57. The number of aromatic nitrogens is 2. The van der Waals surface area contributed by atoms with Crippen LogP contribution in [0.5, 0.6) is 0 Å². The Kier molecular flexibility index (Phi) is 5.19. The Morgan fingerprint density at radius 3 is 2.94 bits per heavy atom. The van der Waals surface area contributed by atoms with Crippen LogP contribution < -0.4 is 5.32 Å². The molecule has 1 aromatic heterocycles. The monoisotopic (exact) mass is 223 g/mol. The van der Waals surface area contributed by atoms with Crippen molar-refractivity contribution in [1.29, 1.82) is 0 Å². The first-order valence-corrected chi connectivity index (χ1v) is 5.84. The van der Waals surface area contributed by atoms with Gasteiger partial charge in [0.05, 0.1) is 12.7 Å². The van der Waals surface area contributed by atoms with Crippen molar-refractivity contribution in [3.8, 4) is 0 Å². The number of hydrogen-bond donors (Lipinski definition) is 1. The van der Waals surface area contributed by atoms with Crippen molar-refractivity contribution in [1.82, 2.24) is 15.1 Å². The molecule has 1 atom stereocenters. The summed E-state index contributed by atoms with van der Waals surface area (Å²) in [5, 5.41) is 7.27. The van der Waals surface area contributed by atoms with Gasteiger partial charge < -0.3 is 5.32 Å². The van der Waals surface area contributed by atoms with Crippen molar-refractivity contribution in [2.45, 2.75) is 39.2 Å². The van der Waals surface area contributed by atoms with Crippen LogP contribution in [0.25, 0.3) is 0 Å². The zero-order chi connectivity index (χ0) is 12.0. The number of rotatable bonds is 7. The van der Waals surface area contributed by atoms with E-state index >= 15 is 0 Å². The number of aryl methyl sites for hydroxylation is 2. The minimum atomic E-state index is 0.268. The predicted octanol–water partition coefficient (Wildman–Crippen LogP) is 1.31. The quantitative estimate of drug-likeness (QED) is 0.758. The van der Waals surface area contributed by atoms with Gasteiger partial charge >= 0.3 is 0 Å². The van der Waals surface area contributed by atoms with Crippen LogP contribution in [-0.4, -0.2) is 28.2 Å². The molecule has 1 aromatic rings. The largest absolute Gasteiger partial charge is 0.308 e. The molecule has 0 bridgehead atoms. The molecule has 0 saturated heterocycles. The molecule has 0 fully saturated rings. The molecule has 0 aliphatic heterocycles. The zero-order valence-corrected chi connectivity index (χ0v) is 10.4. The Bertz CT molecular complexity index is 333. The van der Waals surface area contributed by atoms with Gasteiger partial charge in [-0.05, 0) is 25.3 Å². The first-order valence-electron chi connectivity index (χ1n) is 5.84. The lowest BCUT2D eigenvalue weighted by molar-refractivity contribution is -0.118. The lowest BCUT2D eigenvalue weighted by atomic mass is 10.1. The number of nitrogens with one attached hydrogen (secondary N) is 1.